The third kappa shape index (κ3) is 3.45. The first kappa shape index (κ1) is 17.7. The van der Waals surface area contributed by atoms with Gasteiger partial charge in [-0.3, -0.25) is 14.6 Å². The van der Waals surface area contributed by atoms with Crippen LogP contribution in [0.2, 0.25) is 5.02 Å². The number of para-hydroxylation sites is 2. The number of hydrogen-bond acceptors (Lipinski definition) is 3. The Morgan fingerprint density at radius 3 is 2.93 bits per heavy atom. The summed E-state index contributed by atoms with van der Waals surface area (Å²) in [5.41, 5.74) is 2.50. The molecule has 2 aromatic rings. The van der Waals surface area contributed by atoms with Crippen molar-refractivity contribution in [1.82, 2.24) is 0 Å². The summed E-state index contributed by atoms with van der Waals surface area (Å²) in [4.78, 5) is 31.8. The summed E-state index contributed by atoms with van der Waals surface area (Å²) < 4.78 is 13.2. The first-order chi connectivity index (χ1) is 13.0. The number of aliphatic imine (C=N–C) groups is 1. The standard InChI is InChI=1S/C20H17ClFN3O2/c21-14-10-12(22)8-9-16(14)24-19(26)11-25-18-7-2-1-5-17(18)23-15-6-3-4-13(15)20(25)27/h1-2,5,7-10,13H,3-4,6,11H2,(H,24,26). The van der Waals surface area contributed by atoms with Gasteiger partial charge in [-0.15, -0.1) is 0 Å². The first-order valence-electron chi connectivity index (χ1n) is 8.75. The topological polar surface area (TPSA) is 61.8 Å². The monoisotopic (exact) mass is 385 g/mol. The van der Waals surface area contributed by atoms with Crippen molar-refractivity contribution in [3.8, 4) is 0 Å². The molecule has 0 aromatic heterocycles. The highest BCUT2D eigenvalue weighted by Gasteiger charge is 2.37. The lowest BCUT2D eigenvalue weighted by atomic mass is 10.1. The fraction of sp³-hybridized carbons (Fsp3) is 0.250. The van der Waals surface area contributed by atoms with Gasteiger partial charge in [-0.1, -0.05) is 23.7 Å². The molecule has 1 saturated carbocycles. The number of rotatable bonds is 3. The van der Waals surface area contributed by atoms with E-state index < -0.39 is 11.7 Å². The van der Waals surface area contributed by atoms with Crippen LogP contribution in [0.1, 0.15) is 19.3 Å². The molecule has 0 saturated heterocycles. The molecule has 0 radical (unpaired) electrons. The van der Waals surface area contributed by atoms with Crippen LogP contribution in [0.15, 0.2) is 47.5 Å². The van der Waals surface area contributed by atoms with Crippen LogP contribution in [-0.4, -0.2) is 24.1 Å². The molecular formula is C20H17ClFN3O2. The number of fused-ring (bicyclic) bond motifs is 2. The van der Waals surface area contributed by atoms with E-state index in [2.05, 4.69) is 10.3 Å². The second-order valence-electron chi connectivity index (χ2n) is 6.63. The van der Waals surface area contributed by atoms with E-state index in [0.29, 0.717) is 17.1 Å². The van der Waals surface area contributed by atoms with Crippen molar-refractivity contribution < 1.29 is 14.0 Å². The smallest absolute Gasteiger partial charge is 0.244 e. The molecule has 7 heteroatoms. The minimum absolute atomic E-state index is 0.104. The quantitative estimate of drug-likeness (QED) is 0.854. The van der Waals surface area contributed by atoms with E-state index in [0.717, 1.165) is 31.0 Å². The minimum atomic E-state index is -0.486. The molecule has 1 aliphatic heterocycles. The molecule has 1 unspecified atom stereocenters. The average molecular weight is 386 g/mol. The zero-order valence-corrected chi connectivity index (χ0v) is 15.2. The summed E-state index contributed by atoms with van der Waals surface area (Å²) >= 11 is 5.97. The summed E-state index contributed by atoms with van der Waals surface area (Å²) in [7, 11) is 0. The first-order valence-corrected chi connectivity index (χ1v) is 9.13. The molecule has 1 atom stereocenters. The molecule has 2 aromatic carbocycles. The van der Waals surface area contributed by atoms with Gasteiger partial charge in [0, 0.05) is 5.71 Å². The largest absolute Gasteiger partial charge is 0.323 e. The van der Waals surface area contributed by atoms with E-state index in [-0.39, 0.29) is 23.4 Å². The van der Waals surface area contributed by atoms with Crippen LogP contribution in [-0.2, 0) is 9.59 Å². The Balaban J connectivity index is 1.61. The van der Waals surface area contributed by atoms with Crippen molar-refractivity contribution in [2.24, 2.45) is 10.9 Å². The van der Waals surface area contributed by atoms with Gasteiger partial charge < -0.3 is 10.2 Å². The highest BCUT2D eigenvalue weighted by Crippen LogP contribution is 2.37. The van der Waals surface area contributed by atoms with Crippen LogP contribution < -0.4 is 10.2 Å². The Kier molecular flexibility index (Phi) is 4.66. The molecule has 1 N–H and O–H groups in total. The van der Waals surface area contributed by atoms with Gasteiger partial charge in [-0.2, -0.15) is 0 Å². The summed E-state index contributed by atoms with van der Waals surface area (Å²) in [5.74, 6) is -1.29. The molecule has 5 nitrogen and oxygen atoms in total. The van der Waals surface area contributed by atoms with Crippen LogP contribution in [0, 0.1) is 11.7 Å². The Labute approximate surface area is 160 Å². The molecule has 4 rings (SSSR count). The number of carbonyl (C=O) groups is 2. The third-order valence-electron chi connectivity index (χ3n) is 4.84. The lowest BCUT2D eigenvalue weighted by Crippen LogP contribution is -2.41. The predicted molar refractivity (Wildman–Crippen MR) is 103 cm³/mol. The number of hydrogen-bond donors (Lipinski definition) is 1. The average Bonchev–Trinajstić information content (AvgIpc) is 3.06. The maximum Gasteiger partial charge on any atom is 0.244 e. The fourth-order valence-corrected chi connectivity index (χ4v) is 3.78. The van der Waals surface area contributed by atoms with Crippen molar-refractivity contribution in [2.45, 2.75) is 19.3 Å². The Hall–Kier alpha value is -2.73. The van der Waals surface area contributed by atoms with Crippen molar-refractivity contribution in [2.75, 3.05) is 16.8 Å². The van der Waals surface area contributed by atoms with Gasteiger partial charge >= 0.3 is 0 Å². The number of amides is 2. The second-order valence-corrected chi connectivity index (χ2v) is 7.04. The number of benzene rings is 2. The second kappa shape index (κ2) is 7.12. The molecule has 1 heterocycles. The Morgan fingerprint density at radius 2 is 2.11 bits per heavy atom. The van der Waals surface area contributed by atoms with Crippen molar-refractivity contribution in [3.05, 3.63) is 53.3 Å². The maximum absolute atomic E-state index is 13.2. The number of halogens is 2. The van der Waals surface area contributed by atoms with Crippen LogP contribution in [0.25, 0.3) is 0 Å². The summed E-state index contributed by atoms with van der Waals surface area (Å²) in [6.07, 6.45) is 2.46. The maximum atomic E-state index is 13.2. The van der Waals surface area contributed by atoms with Gasteiger partial charge in [0.15, 0.2) is 0 Å². The zero-order valence-electron chi connectivity index (χ0n) is 14.4. The van der Waals surface area contributed by atoms with E-state index in [1.165, 1.54) is 17.0 Å². The van der Waals surface area contributed by atoms with E-state index in [1.54, 1.807) is 6.07 Å². The van der Waals surface area contributed by atoms with E-state index in [1.807, 2.05) is 18.2 Å². The van der Waals surface area contributed by atoms with Gasteiger partial charge in [0.2, 0.25) is 11.8 Å². The van der Waals surface area contributed by atoms with Crippen LogP contribution in [0.3, 0.4) is 0 Å². The molecule has 27 heavy (non-hydrogen) atoms. The highest BCUT2D eigenvalue weighted by molar-refractivity contribution is 6.33. The fourth-order valence-electron chi connectivity index (χ4n) is 3.56. The molecule has 0 bridgehead atoms. The Morgan fingerprint density at radius 1 is 1.30 bits per heavy atom. The summed E-state index contributed by atoms with van der Waals surface area (Å²) in [6.45, 7) is -0.164. The lowest BCUT2D eigenvalue weighted by molar-refractivity contribution is -0.122. The lowest BCUT2D eigenvalue weighted by Gasteiger charge is -2.24. The number of anilines is 2. The van der Waals surface area contributed by atoms with Crippen LogP contribution in [0.5, 0.6) is 0 Å². The molecule has 138 valence electrons. The zero-order chi connectivity index (χ0) is 19.0. The molecule has 2 amide bonds. The SMILES string of the molecule is O=C(CN1C(=O)C2CCCC2=Nc2ccccc21)Nc1ccc(F)cc1Cl. The van der Waals surface area contributed by atoms with Crippen molar-refractivity contribution in [1.29, 1.82) is 0 Å². The molecule has 1 fully saturated rings. The van der Waals surface area contributed by atoms with Crippen molar-refractivity contribution >= 4 is 46.2 Å². The highest BCUT2D eigenvalue weighted by atomic mass is 35.5. The number of nitrogens with one attached hydrogen (secondary N) is 1. The summed E-state index contributed by atoms with van der Waals surface area (Å²) in [5, 5.41) is 2.75. The third-order valence-corrected chi connectivity index (χ3v) is 5.15. The molecular weight excluding hydrogens is 369 g/mol. The van der Waals surface area contributed by atoms with Crippen LogP contribution >= 0.6 is 11.6 Å². The van der Waals surface area contributed by atoms with E-state index in [9.17, 15) is 14.0 Å². The van der Waals surface area contributed by atoms with Crippen LogP contribution in [0.4, 0.5) is 21.5 Å². The van der Waals surface area contributed by atoms with Gasteiger partial charge in [-0.05, 0) is 49.6 Å². The van der Waals surface area contributed by atoms with Gasteiger partial charge in [0.05, 0.1) is 28.0 Å². The predicted octanol–water partition coefficient (Wildman–Crippen LogP) is 4.34. The van der Waals surface area contributed by atoms with Crippen molar-refractivity contribution in [3.63, 3.8) is 0 Å². The molecule has 1 aliphatic carbocycles. The van der Waals surface area contributed by atoms with Gasteiger partial charge in [0.1, 0.15) is 12.4 Å². The summed E-state index contributed by atoms with van der Waals surface area (Å²) in [6, 6.07) is 11.0. The normalized spacial score (nSPS) is 18.4. The Bertz CT molecular complexity index is 960. The number of nitrogens with zero attached hydrogens (tertiary/aromatic N) is 2. The van der Waals surface area contributed by atoms with Gasteiger partial charge in [-0.25, -0.2) is 4.39 Å². The molecule has 0 spiro atoms. The van der Waals surface area contributed by atoms with E-state index in [4.69, 9.17) is 11.6 Å². The minimum Gasteiger partial charge on any atom is -0.323 e. The molecule has 2 aliphatic rings. The van der Waals surface area contributed by atoms with Gasteiger partial charge in [0.25, 0.3) is 0 Å². The number of carbonyl (C=O) groups excluding carboxylic acids is 2. The van der Waals surface area contributed by atoms with E-state index >= 15 is 0 Å².